The van der Waals surface area contributed by atoms with Crippen LogP contribution >= 0.6 is 0 Å². The maximum atomic E-state index is 6.19. The second-order valence-corrected chi connectivity index (χ2v) is 6.36. The average Bonchev–Trinajstić information content (AvgIpc) is 2.23. The van der Waals surface area contributed by atoms with Crippen molar-refractivity contribution in [1.82, 2.24) is 4.90 Å². The van der Waals surface area contributed by atoms with Crippen LogP contribution in [0, 0.1) is 13.8 Å². The molecule has 1 unspecified atom stereocenters. The first-order valence-electron chi connectivity index (χ1n) is 6.76. The van der Waals surface area contributed by atoms with Gasteiger partial charge in [-0.05, 0) is 64.9 Å². The van der Waals surface area contributed by atoms with E-state index in [0.717, 1.165) is 12.2 Å². The second kappa shape index (κ2) is 5.93. The highest BCUT2D eigenvalue weighted by atomic mass is 16.5. The summed E-state index contributed by atoms with van der Waals surface area (Å²) >= 11 is 0. The standard InChI is InChI=1S/C16H28N2O/c1-11-8-13(9-12(2)15(11)19-7)14(18(5)6)10-16(3,4)17/h8-9,14H,10,17H2,1-7H3. The quantitative estimate of drug-likeness (QED) is 0.888. The van der Waals surface area contributed by atoms with Gasteiger partial charge in [-0.3, -0.25) is 0 Å². The number of methoxy groups -OCH3 is 1. The molecule has 0 aliphatic heterocycles. The van der Waals surface area contributed by atoms with Crippen molar-refractivity contribution in [3.8, 4) is 5.75 Å². The number of hydrogen-bond acceptors (Lipinski definition) is 3. The largest absolute Gasteiger partial charge is 0.496 e. The monoisotopic (exact) mass is 264 g/mol. The minimum atomic E-state index is -0.184. The lowest BCUT2D eigenvalue weighted by molar-refractivity contribution is 0.242. The number of nitrogens with two attached hydrogens (primary N) is 1. The van der Waals surface area contributed by atoms with Gasteiger partial charge in [-0.25, -0.2) is 0 Å². The lowest BCUT2D eigenvalue weighted by Gasteiger charge is -2.32. The van der Waals surface area contributed by atoms with E-state index in [2.05, 4.69) is 58.8 Å². The Labute approximate surface area is 117 Å². The highest BCUT2D eigenvalue weighted by Crippen LogP contribution is 2.32. The predicted octanol–water partition coefficient (Wildman–Crippen LogP) is 3.04. The molecular formula is C16H28N2O. The van der Waals surface area contributed by atoms with E-state index in [4.69, 9.17) is 10.5 Å². The highest BCUT2D eigenvalue weighted by molar-refractivity contribution is 5.44. The molecule has 0 bridgehead atoms. The lowest BCUT2D eigenvalue weighted by Crippen LogP contribution is -2.37. The zero-order valence-electron chi connectivity index (χ0n) is 13.4. The molecule has 0 aliphatic carbocycles. The fraction of sp³-hybridized carbons (Fsp3) is 0.625. The molecule has 0 heterocycles. The smallest absolute Gasteiger partial charge is 0.124 e. The normalized spacial score (nSPS) is 13.7. The van der Waals surface area contributed by atoms with Gasteiger partial charge < -0.3 is 15.4 Å². The minimum Gasteiger partial charge on any atom is -0.496 e. The van der Waals surface area contributed by atoms with Crippen LogP contribution in [0.15, 0.2) is 12.1 Å². The molecule has 0 radical (unpaired) electrons. The SMILES string of the molecule is COc1c(C)cc(C(CC(C)(C)N)N(C)C)cc1C. The average molecular weight is 264 g/mol. The van der Waals surface area contributed by atoms with Gasteiger partial charge in [0.2, 0.25) is 0 Å². The van der Waals surface area contributed by atoms with Gasteiger partial charge in [-0.15, -0.1) is 0 Å². The molecule has 3 heteroatoms. The van der Waals surface area contributed by atoms with Crippen molar-refractivity contribution in [1.29, 1.82) is 0 Å². The van der Waals surface area contributed by atoms with E-state index >= 15 is 0 Å². The third kappa shape index (κ3) is 4.22. The van der Waals surface area contributed by atoms with Crippen LogP contribution in [0.25, 0.3) is 0 Å². The summed E-state index contributed by atoms with van der Waals surface area (Å²) in [6, 6.07) is 4.74. The Balaban J connectivity index is 3.17. The Morgan fingerprint density at radius 3 is 2.00 bits per heavy atom. The molecular weight excluding hydrogens is 236 g/mol. The summed E-state index contributed by atoms with van der Waals surface area (Å²) in [5.74, 6) is 0.980. The van der Waals surface area contributed by atoms with Gasteiger partial charge in [-0.1, -0.05) is 12.1 Å². The third-order valence-electron chi connectivity index (χ3n) is 3.41. The highest BCUT2D eigenvalue weighted by Gasteiger charge is 2.23. The van der Waals surface area contributed by atoms with E-state index in [-0.39, 0.29) is 5.54 Å². The minimum absolute atomic E-state index is 0.184. The van der Waals surface area contributed by atoms with Crippen LogP contribution in [0.4, 0.5) is 0 Å². The van der Waals surface area contributed by atoms with Crippen molar-refractivity contribution in [2.45, 2.75) is 45.7 Å². The van der Waals surface area contributed by atoms with Crippen LogP contribution in [0.3, 0.4) is 0 Å². The summed E-state index contributed by atoms with van der Waals surface area (Å²) in [7, 11) is 5.93. The van der Waals surface area contributed by atoms with Crippen molar-refractivity contribution in [3.05, 3.63) is 28.8 Å². The van der Waals surface area contributed by atoms with Crippen molar-refractivity contribution in [2.24, 2.45) is 5.73 Å². The maximum Gasteiger partial charge on any atom is 0.124 e. The van der Waals surface area contributed by atoms with Crippen molar-refractivity contribution < 1.29 is 4.74 Å². The van der Waals surface area contributed by atoms with Crippen molar-refractivity contribution in [2.75, 3.05) is 21.2 Å². The van der Waals surface area contributed by atoms with Crippen LogP contribution in [-0.2, 0) is 0 Å². The first kappa shape index (κ1) is 16.0. The topological polar surface area (TPSA) is 38.5 Å². The van der Waals surface area contributed by atoms with E-state index in [1.807, 2.05) is 0 Å². The molecule has 2 N–H and O–H groups in total. The summed E-state index contributed by atoms with van der Waals surface area (Å²) < 4.78 is 5.43. The summed E-state index contributed by atoms with van der Waals surface area (Å²) in [6.07, 6.45) is 0.922. The molecule has 0 aromatic heterocycles. The molecule has 3 nitrogen and oxygen atoms in total. The number of nitrogens with zero attached hydrogens (tertiary/aromatic N) is 1. The van der Waals surface area contributed by atoms with Gasteiger partial charge in [0.05, 0.1) is 7.11 Å². The summed E-state index contributed by atoms with van der Waals surface area (Å²) in [5, 5.41) is 0. The van der Waals surface area contributed by atoms with Crippen LogP contribution in [0.5, 0.6) is 5.75 Å². The second-order valence-electron chi connectivity index (χ2n) is 6.36. The van der Waals surface area contributed by atoms with Gasteiger partial charge >= 0.3 is 0 Å². The Hall–Kier alpha value is -1.06. The molecule has 0 aliphatic rings. The molecule has 0 saturated carbocycles. The molecule has 0 fully saturated rings. The van der Waals surface area contributed by atoms with Gasteiger partial charge in [0, 0.05) is 11.6 Å². The molecule has 0 spiro atoms. The van der Waals surface area contributed by atoms with E-state index in [1.54, 1.807) is 7.11 Å². The van der Waals surface area contributed by atoms with Crippen LogP contribution in [-0.4, -0.2) is 31.6 Å². The van der Waals surface area contributed by atoms with Crippen LogP contribution in [0.2, 0.25) is 0 Å². The Bertz CT molecular complexity index is 410. The Kier molecular flexibility index (Phi) is 4.99. The molecule has 1 aromatic carbocycles. The first-order chi connectivity index (χ1) is 8.65. The van der Waals surface area contributed by atoms with Crippen molar-refractivity contribution in [3.63, 3.8) is 0 Å². The summed E-state index contributed by atoms with van der Waals surface area (Å²) in [6.45, 7) is 8.34. The number of ether oxygens (including phenoxy) is 1. The van der Waals surface area contributed by atoms with Crippen LogP contribution in [0.1, 0.15) is 43.0 Å². The fourth-order valence-electron chi connectivity index (χ4n) is 2.60. The van der Waals surface area contributed by atoms with E-state index in [0.29, 0.717) is 6.04 Å². The summed E-state index contributed by atoms with van der Waals surface area (Å²) in [4.78, 5) is 2.23. The first-order valence-corrected chi connectivity index (χ1v) is 6.76. The molecule has 1 aromatic rings. The molecule has 19 heavy (non-hydrogen) atoms. The fourth-order valence-corrected chi connectivity index (χ4v) is 2.60. The maximum absolute atomic E-state index is 6.19. The number of aryl methyl sites for hydroxylation is 2. The number of benzene rings is 1. The molecule has 108 valence electrons. The van der Waals surface area contributed by atoms with Crippen LogP contribution < -0.4 is 10.5 Å². The zero-order valence-corrected chi connectivity index (χ0v) is 13.4. The van der Waals surface area contributed by atoms with E-state index in [1.165, 1.54) is 16.7 Å². The zero-order chi connectivity index (χ0) is 14.8. The third-order valence-corrected chi connectivity index (χ3v) is 3.41. The molecule has 0 saturated heterocycles. The molecule has 1 rings (SSSR count). The molecule has 1 atom stereocenters. The van der Waals surface area contributed by atoms with E-state index in [9.17, 15) is 0 Å². The molecule has 0 amide bonds. The Morgan fingerprint density at radius 2 is 1.68 bits per heavy atom. The van der Waals surface area contributed by atoms with Gasteiger partial charge in [0.1, 0.15) is 5.75 Å². The van der Waals surface area contributed by atoms with Crippen molar-refractivity contribution >= 4 is 0 Å². The summed E-state index contributed by atoms with van der Waals surface area (Å²) in [5.41, 5.74) is 9.67. The van der Waals surface area contributed by atoms with Gasteiger partial charge in [-0.2, -0.15) is 0 Å². The van der Waals surface area contributed by atoms with Gasteiger partial charge in [0.15, 0.2) is 0 Å². The Morgan fingerprint density at radius 1 is 1.21 bits per heavy atom. The van der Waals surface area contributed by atoms with E-state index < -0.39 is 0 Å². The predicted molar refractivity (Wildman–Crippen MR) is 81.8 cm³/mol. The lowest BCUT2D eigenvalue weighted by atomic mass is 9.89. The number of hydrogen-bond donors (Lipinski definition) is 1. The number of rotatable bonds is 5. The van der Waals surface area contributed by atoms with Gasteiger partial charge in [0.25, 0.3) is 0 Å².